The van der Waals surface area contributed by atoms with E-state index in [4.69, 9.17) is 4.74 Å². The van der Waals surface area contributed by atoms with Crippen molar-refractivity contribution in [2.45, 2.75) is 6.92 Å². The molecule has 0 unspecified atom stereocenters. The lowest BCUT2D eigenvalue weighted by Crippen LogP contribution is -2.35. The molecular formula is C27H26N4O4. The van der Waals surface area contributed by atoms with Gasteiger partial charge in [-0.1, -0.05) is 35.9 Å². The minimum atomic E-state index is -0.515. The zero-order valence-corrected chi connectivity index (χ0v) is 19.7. The lowest BCUT2D eigenvalue weighted by atomic mass is 10.1. The van der Waals surface area contributed by atoms with Crippen molar-refractivity contribution in [2.75, 3.05) is 35.9 Å². The Morgan fingerprint density at radius 1 is 1.03 bits per heavy atom. The maximum atomic E-state index is 13.0. The SMILES string of the molecule is Cc1ccc(NC(=O)COc2cc(N(C)C)ccc2C=C2C(=O)NN(c3ccccc3)C2=O)cc1. The first-order chi connectivity index (χ1) is 16.8. The third-order valence-electron chi connectivity index (χ3n) is 5.41. The summed E-state index contributed by atoms with van der Waals surface area (Å²) in [5.41, 5.74) is 6.22. The van der Waals surface area contributed by atoms with E-state index in [1.54, 1.807) is 36.4 Å². The summed E-state index contributed by atoms with van der Waals surface area (Å²) in [6.07, 6.45) is 1.48. The predicted molar refractivity (Wildman–Crippen MR) is 136 cm³/mol. The Morgan fingerprint density at radius 2 is 1.74 bits per heavy atom. The van der Waals surface area contributed by atoms with Gasteiger partial charge in [0.2, 0.25) is 0 Å². The van der Waals surface area contributed by atoms with Crippen molar-refractivity contribution < 1.29 is 19.1 Å². The second-order valence-electron chi connectivity index (χ2n) is 8.29. The van der Waals surface area contributed by atoms with Gasteiger partial charge in [-0.25, -0.2) is 5.01 Å². The molecule has 8 heteroatoms. The van der Waals surface area contributed by atoms with Crippen LogP contribution in [-0.2, 0) is 14.4 Å². The number of anilines is 3. The largest absolute Gasteiger partial charge is 0.483 e. The Labute approximate surface area is 203 Å². The number of ether oxygens (including phenoxy) is 1. The number of nitrogens with zero attached hydrogens (tertiary/aromatic N) is 2. The molecule has 4 rings (SSSR count). The van der Waals surface area contributed by atoms with Crippen LogP contribution in [0.2, 0.25) is 0 Å². The zero-order chi connectivity index (χ0) is 24.9. The minimum Gasteiger partial charge on any atom is -0.483 e. The van der Waals surface area contributed by atoms with E-state index in [1.807, 2.05) is 62.3 Å². The van der Waals surface area contributed by atoms with E-state index in [0.717, 1.165) is 11.3 Å². The van der Waals surface area contributed by atoms with Crippen LogP contribution >= 0.6 is 0 Å². The normalized spacial score (nSPS) is 14.1. The summed E-state index contributed by atoms with van der Waals surface area (Å²) >= 11 is 0. The smallest absolute Gasteiger partial charge is 0.282 e. The minimum absolute atomic E-state index is 0.0274. The van der Waals surface area contributed by atoms with Gasteiger partial charge in [0.1, 0.15) is 11.3 Å². The summed E-state index contributed by atoms with van der Waals surface area (Å²) in [5.74, 6) is -0.936. The number of benzene rings is 3. The van der Waals surface area contributed by atoms with Gasteiger partial charge in [-0.2, -0.15) is 0 Å². The molecule has 0 bridgehead atoms. The van der Waals surface area contributed by atoms with E-state index in [9.17, 15) is 14.4 Å². The summed E-state index contributed by atoms with van der Waals surface area (Å²) in [6, 6.07) is 21.7. The first kappa shape index (κ1) is 23.6. The summed E-state index contributed by atoms with van der Waals surface area (Å²) in [5, 5.41) is 4.00. The monoisotopic (exact) mass is 470 g/mol. The lowest BCUT2D eigenvalue weighted by molar-refractivity contribution is -0.118. The Kier molecular flexibility index (Phi) is 6.82. The highest BCUT2D eigenvalue weighted by atomic mass is 16.5. The molecule has 1 aliphatic heterocycles. The lowest BCUT2D eigenvalue weighted by Gasteiger charge is -2.16. The third kappa shape index (κ3) is 5.50. The van der Waals surface area contributed by atoms with Crippen molar-refractivity contribution >= 4 is 40.9 Å². The summed E-state index contributed by atoms with van der Waals surface area (Å²) in [4.78, 5) is 39.9. The molecule has 0 atom stereocenters. The number of aryl methyl sites for hydroxylation is 1. The fourth-order valence-electron chi connectivity index (χ4n) is 3.49. The zero-order valence-electron chi connectivity index (χ0n) is 19.7. The van der Waals surface area contributed by atoms with Crippen LogP contribution in [0.5, 0.6) is 5.75 Å². The molecule has 35 heavy (non-hydrogen) atoms. The van der Waals surface area contributed by atoms with Crippen LogP contribution in [0.3, 0.4) is 0 Å². The molecule has 1 aliphatic rings. The van der Waals surface area contributed by atoms with E-state index in [2.05, 4.69) is 10.7 Å². The maximum absolute atomic E-state index is 13.0. The van der Waals surface area contributed by atoms with Gasteiger partial charge in [0.15, 0.2) is 6.61 Å². The molecule has 0 radical (unpaired) electrons. The number of carbonyl (C=O) groups excluding carboxylic acids is 3. The van der Waals surface area contributed by atoms with Crippen LogP contribution in [0, 0.1) is 6.92 Å². The van der Waals surface area contributed by atoms with Gasteiger partial charge < -0.3 is 15.0 Å². The fourth-order valence-corrected chi connectivity index (χ4v) is 3.49. The molecule has 0 spiro atoms. The van der Waals surface area contributed by atoms with E-state index >= 15 is 0 Å². The van der Waals surface area contributed by atoms with Gasteiger partial charge in [0.25, 0.3) is 17.7 Å². The van der Waals surface area contributed by atoms with E-state index in [1.165, 1.54) is 11.1 Å². The number of hydrogen-bond donors (Lipinski definition) is 2. The number of nitrogens with one attached hydrogen (secondary N) is 2. The fraction of sp³-hybridized carbons (Fsp3) is 0.148. The molecule has 3 aromatic rings. The van der Waals surface area contributed by atoms with Crippen molar-refractivity contribution in [3.05, 3.63) is 89.5 Å². The van der Waals surface area contributed by atoms with Crippen LogP contribution in [-0.4, -0.2) is 38.4 Å². The van der Waals surface area contributed by atoms with E-state index < -0.39 is 11.8 Å². The Hall–Kier alpha value is -4.59. The number of para-hydroxylation sites is 1. The Morgan fingerprint density at radius 3 is 2.43 bits per heavy atom. The highest BCUT2D eigenvalue weighted by molar-refractivity contribution is 6.31. The molecule has 3 amide bonds. The van der Waals surface area contributed by atoms with Crippen LogP contribution in [0.1, 0.15) is 11.1 Å². The molecule has 1 fully saturated rings. The molecule has 0 saturated carbocycles. The van der Waals surface area contributed by atoms with Crippen molar-refractivity contribution in [3.63, 3.8) is 0 Å². The Balaban J connectivity index is 1.56. The first-order valence-corrected chi connectivity index (χ1v) is 11.0. The van der Waals surface area contributed by atoms with E-state index in [0.29, 0.717) is 22.7 Å². The van der Waals surface area contributed by atoms with Crippen molar-refractivity contribution in [1.29, 1.82) is 0 Å². The summed E-state index contributed by atoms with van der Waals surface area (Å²) in [6.45, 7) is 1.73. The van der Waals surface area contributed by atoms with Crippen molar-refractivity contribution in [2.24, 2.45) is 0 Å². The number of rotatable bonds is 7. The van der Waals surface area contributed by atoms with Gasteiger partial charge in [-0.3, -0.25) is 19.8 Å². The van der Waals surface area contributed by atoms with Crippen LogP contribution in [0.15, 0.2) is 78.4 Å². The third-order valence-corrected chi connectivity index (χ3v) is 5.41. The molecular weight excluding hydrogens is 444 g/mol. The van der Waals surface area contributed by atoms with Gasteiger partial charge in [-0.05, 0) is 49.4 Å². The van der Waals surface area contributed by atoms with Gasteiger partial charge >= 0.3 is 0 Å². The molecule has 3 aromatic carbocycles. The highest BCUT2D eigenvalue weighted by Crippen LogP contribution is 2.29. The quantitative estimate of drug-likeness (QED) is 0.407. The second-order valence-corrected chi connectivity index (χ2v) is 8.29. The molecule has 1 saturated heterocycles. The standard InChI is InChI=1S/C27H26N4O4/c1-18-9-12-20(13-10-18)28-25(32)17-35-24-16-22(30(2)3)14-11-19(24)15-23-26(33)29-31(27(23)34)21-7-5-4-6-8-21/h4-16H,17H2,1-3H3,(H,28,32)(H,29,33). The van der Waals surface area contributed by atoms with E-state index in [-0.39, 0.29) is 18.1 Å². The van der Waals surface area contributed by atoms with Crippen LogP contribution in [0.25, 0.3) is 6.08 Å². The number of hydrazine groups is 1. The molecule has 0 aliphatic carbocycles. The molecule has 1 heterocycles. The second kappa shape index (κ2) is 10.1. The van der Waals surface area contributed by atoms with Crippen molar-refractivity contribution in [3.8, 4) is 5.75 Å². The highest BCUT2D eigenvalue weighted by Gasteiger charge is 2.34. The summed E-state index contributed by atoms with van der Waals surface area (Å²) in [7, 11) is 3.76. The summed E-state index contributed by atoms with van der Waals surface area (Å²) < 4.78 is 5.84. The number of carbonyl (C=O) groups is 3. The topological polar surface area (TPSA) is 91.0 Å². The maximum Gasteiger partial charge on any atom is 0.282 e. The van der Waals surface area contributed by atoms with Crippen molar-refractivity contribution in [1.82, 2.24) is 5.43 Å². The van der Waals surface area contributed by atoms with Gasteiger partial charge in [-0.15, -0.1) is 0 Å². The molecule has 0 aromatic heterocycles. The molecule has 2 N–H and O–H groups in total. The van der Waals surface area contributed by atoms with Crippen LogP contribution in [0.4, 0.5) is 17.1 Å². The average molecular weight is 471 g/mol. The predicted octanol–water partition coefficient (Wildman–Crippen LogP) is 3.54. The number of amides is 3. The van der Waals surface area contributed by atoms with Gasteiger partial charge in [0.05, 0.1) is 5.69 Å². The van der Waals surface area contributed by atoms with Gasteiger partial charge in [0, 0.05) is 37.1 Å². The first-order valence-electron chi connectivity index (χ1n) is 11.0. The number of hydrogen-bond acceptors (Lipinski definition) is 5. The molecule has 8 nitrogen and oxygen atoms in total. The molecule has 178 valence electrons. The Bertz CT molecular complexity index is 1280. The average Bonchev–Trinajstić information content (AvgIpc) is 3.13. The van der Waals surface area contributed by atoms with Crippen LogP contribution < -0.4 is 25.4 Å².